The Hall–Kier alpha value is -1.61. The minimum atomic E-state index is -0.665. The van der Waals surface area contributed by atoms with Gasteiger partial charge in [0.1, 0.15) is 0 Å². The van der Waals surface area contributed by atoms with Gasteiger partial charge in [-0.3, -0.25) is 9.36 Å². The van der Waals surface area contributed by atoms with E-state index in [4.69, 9.17) is 4.74 Å². The van der Waals surface area contributed by atoms with Gasteiger partial charge < -0.3 is 4.74 Å². The van der Waals surface area contributed by atoms with Gasteiger partial charge in [-0.25, -0.2) is 0 Å². The van der Waals surface area contributed by atoms with E-state index >= 15 is 0 Å². The number of pyridine rings is 1. The van der Waals surface area contributed by atoms with Gasteiger partial charge >= 0.3 is 0 Å². The third-order valence-corrected chi connectivity index (χ3v) is 3.91. The zero-order chi connectivity index (χ0) is 15.1. The van der Waals surface area contributed by atoms with E-state index in [-0.39, 0.29) is 5.56 Å². The number of ether oxygens (including phenoxy) is 1. The summed E-state index contributed by atoms with van der Waals surface area (Å²) in [6.07, 6.45) is 13.7. The Bertz CT molecular complexity index is 571. The molecule has 3 heteroatoms. The van der Waals surface area contributed by atoms with Crippen molar-refractivity contribution in [3.8, 4) is 0 Å². The molecule has 0 radical (unpaired) electrons. The van der Waals surface area contributed by atoms with Gasteiger partial charge in [-0.2, -0.15) is 0 Å². The molecule has 1 unspecified atom stereocenters. The second-order valence-electron chi connectivity index (χ2n) is 5.46. The van der Waals surface area contributed by atoms with E-state index in [1.165, 1.54) is 24.8 Å². The highest BCUT2D eigenvalue weighted by atomic mass is 16.5. The number of allylic oxidation sites excluding steroid dienone is 2. The number of hydrogen-bond acceptors (Lipinski definition) is 2. The quantitative estimate of drug-likeness (QED) is 0.710. The van der Waals surface area contributed by atoms with Crippen LogP contribution in [0, 0.1) is 0 Å². The largest absolute Gasteiger partial charge is 0.351 e. The number of unbranched alkanes of at least 4 members (excludes halogenated alkanes) is 2. The van der Waals surface area contributed by atoms with E-state index in [0.717, 1.165) is 6.42 Å². The monoisotopic (exact) mass is 287 g/mol. The van der Waals surface area contributed by atoms with Crippen LogP contribution in [0.15, 0.2) is 53.0 Å². The SMILES string of the molecule is CCCCCC1=CCC(OCC)(n2ccccc2=O)C=C1. The molecule has 0 fully saturated rings. The molecule has 0 spiro atoms. The fraction of sp³-hybridized carbons (Fsp3) is 0.500. The fourth-order valence-electron chi connectivity index (χ4n) is 2.76. The molecular weight excluding hydrogens is 262 g/mol. The minimum absolute atomic E-state index is 0.0292. The lowest BCUT2D eigenvalue weighted by Gasteiger charge is -2.34. The average Bonchev–Trinajstić information content (AvgIpc) is 2.50. The molecule has 1 atom stereocenters. The van der Waals surface area contributed by atoms with Crippen LogP contribution in [-0.4, -0.2) is 11.2 Å². The number of rotatable bonds is 7. The summed E-state index contributed by atoms with van der Waals surface area (Å²) < 4.78 is 7.63. The summed E-state index contributed by atoms with van der Waals surface area (Å²) in [7, 11) is 0. The first-order valence-electron chi connectivity index (χ1n) is 7.92. The van der Waals surface area contributed by atoms with Gasteiger partial charge in [0.15, 0.2) is 5.72 Å². The van der Waals surface area contributed by atoms with Crippen LogP contribution in [0.4, 0.5) is 0 Å². The van der Waals surface area contributed by atoms with E-state index in [1.807, 2.05) is 19.1 Å². The molecule has 1 aliphatic rings. The number of aromatic nitrogens is 1. The minimum Gasteiger partial charge on any atom is -0.351 e. The van der Waals surface area contributed by atoms with Crippen LogP contribution in [0.1, 0.15) is 46.0 Å². The first kappa shape index (κ1) is 15.8. The molecule has 2 rings (SSSR count). The van der Waals surface area contributed by atoms with Crippen molar-refractivity contribution >= 4 is 0 Å². The van der Waals surface area contributed by atoms with Crippen molar-refractivity contribution in [1.82, 2.24) is 4.57 Å². The molecule has 0 aromatic carbocycles. The van der Waals surface area contributed by atoms with E-state index in [1.54, 1.807) is 22.9 Å². The zero-order valence-electron chi connectivity index (χ0n) is 13.0. The van der Waals surface area contributed by atoms with Crippen molar-refractivity contribution in [2.45, 2.75) is 51.7 Å². The van der Waals surface area contributed by atoms with Crippen LogP contribution >= 0.6 is 0 Å². The van der Waals surface area contributed by atoms with Crippen LogP contribution in [0.25, 0.3) is 0 Å². The van der Waals surface area contributed by atoms with Gasteiger partial charge in [-0.05, 0) is 31.9 Å². The zero-order valence-corrected chi connectivity index (χ0v) is 13.0. The summed E-state index contributed by atoms with van der Waals surface area (Å²) in [5, 5.41) is 0. The Balaban J connectivity index is 2.18. The van der Waals surface area contributed by atoms with Crippen LogP contribution < -0.4 is 5.56 Å². The second-order valence-corrected chi connectivity index (χ2v) is 5.46. The summed E-state index contributed by atoms with van der Waals surface area (Å²) in [6.45, 7) is 4.75. The number of hydrogen-bond donors (Lipinski definition) is 0. The number of nitrogens with zero attached hydrogens (tertiary/aromatic N) is 1. The Labute approximate surface area is 126 Å². The standard InChI is InChI=1S/C18H25NO2/c1-3-5-6-9-16-11-13-18(14-12-16,21-4-2)19-15-8-7-10-17(19)20/h7-8,10-13,15H,3-6,9,14H2,1-2H3. The van der Waals surface area contributed by atoms with Crippen LogP contribution in [0.3, 0.4) is 0 Å². The van der Waals surface area contributed by atoms with Gasteiger partial charge in [0.25, 0.3) is 5.56 Å². The van der Waals surface area contributed by atoms with Gasteiger partial charge in [0, 0.05) is 25.3 Å². The van der Waals surface area contributed by atoms with Crippen molar-refractivity contribution in [2.75, 3.05) is 6.61 Å². The van der Waals surface area contributed by atoms with E-state index < -0.39 is 5.72 Å². The van der Waals surface area contributed by atoms with Crippen LogP contribution in [-0.2, 0) is 10.5 Å². The molecule has 1 aliphatic carbocycles. The maximum Gasteiger partial charge on any atom is 0.253 e. The lowest BCUT2D eigenvalue weighted by Crippen LogP contribution is -2.42. The Morgan fingerprint density at radius 2 is 2.14 bits per heavy atom. The fourth-order valence-corrected chi connectivity index (χ4v) is 2.76. The van der Waals surface area contributed by atoms with Crippen molar-refractivity contribution in [2.24, 2.45) is 0 Å². The Morgan fingerprint density at radius 3 is 2.76 bits per heavy atom. The summed E-state index contributed by atoms with van der Waals surface area (Å²) in [5.41, 5.74) is 0.655. The third-order valence-electron chi connectivity index (χ3n) is 3.91. The van der Waals surface area contributed by atoms with Crippen molar-refractivity contribution < 1.29 is 4.74 Å². The molecule has 114 valence electrons. The molecule has 21 heavy (non-hydrogen) atoms. The van der Waals surface area contributed by atoms with Crippen LogP contribution in [0.5, 0.6) is 0 Å². The van der Waals surface area contributed by atoms with E-state index in [9.17, 15) is 4.79 Å². The lowest BCUT2D eigenvalue weighted by atomic mass is 9.95. The molecule has 0 bridgehead atoms. The highest BCUT2D eigenvalue weighted by Crippen LogP contribution is 2.30. The van der Waals surface area contributed by atoms with Crippen molar-refractivity contribution in [3.63, 3.8) is 0 Å². The van der Waals surface area contributed by atoms with Gasteiger partial charge in [0.2, 0.25) is 0 Å². The van der Waals surface area contributed by atoms with E-state index in [0.29, 0.717) is 13.0 Å². The second kappa shape index (κ2) is 7.41. The van der Waals surface area contributed by atoms with Gasteiger partial charge in [0.05, 0.1) is 0 Å². The van der Waals surface area contributed by atoms with Crippen molar-refractivity contribution in [1.29, 1.82) is 0 Å². The molecule has 0 saturated carbocycles. The molecule has 1 aromatic rings. The Kier molecular flexibility index (Phi) is 5.57. The molecule has 1 heterocycles. The molecule has 3 nitrogen and oxygen atoms in total. The summed E-state index contributed by atoms with van der Waals surface area (Å²) >= 11 is 0. The van der Waals surface area contributed by atoms with Crippen LogP contribution in [0.2, 0.25) is 0 Å². The maximum absolute atomic E-state index is 12.1. The molecule has 0 N–H and O–H groups in total. The first-order chi connectivity index (χ1) is 10.2. The highest BCUT2D eigenvalue weighted by molar-refractivity contribution is 5.27. The summed E-state index contributed by atoms with van der Waals surface area (Å²) in [4.78, 5) is 12.1. The smallest absolute Gasteiger partial charge is 0.253 e. The summed E-state index contributed by atoms with van der Waals surface area (Å²) in [6, 6.07) is 5.21. The normalized spacial score (nSPS) is 21.3. The Morgan fingerprint density at radius 1 is 1.29 bits per heavy atom. The lowest BCUT2D eigenvalue weighted by molar-refractivity contribution is -0.0633. The topological polar surface area (TPSA) is 31.2 Å². The predicted molar refractivity (Wildman–Crippen MR) is 86.3 cm³/mol. The van der Waals surface area contributed by atoms with Crippen molar-refractivity contribution in [3.05, 3.63) is 58.6 Å². The first-order valence-corrected chi connectivity index (χ1v) is 7.92. The van der Waals surface area contributed by atoms with Gasteiger partial charge in [-0.1, -0.05) is 43.6 Å². The molecule has 0 amide bonds. The van der Waals surface area contributed by atoms with Gasteiger partial charge in [-0.15, -0.1) is 0 Å². The molecular formula is C18H25NO2. The molecule has 0 saturated heterocycles. The van der Waals surface area contributed by atoms with E-state index in [2.05, 4.69) is 19.1 Å². The predicted octanol–water partition coefficient (Wildman–Crippen LogP) is 4.00. The molecule has 0 aliphatic heterocycles. The third kappa shape index (κ3) is 3.73. The summed E-state index contributed by atoms with van der Waals surface area (Å²) in [5.74, 6) is 0. The molecule has 1 aromatic heterocycles. The average molecular weight is 287 g/mol. The highest BCUT2D eigenvalue weighted by Gasteiger charge is 2.31. The maximum atomic E-state index is 12.1.